The number of hydrogen-bond acceptors (Lipinski definition) is 3. The predicted molar refractivity (Wildman–Crippen MR) is 79.1 cm³/mol. The molecule has 2 aliphatic heterocycles. The zero-order valence-electron chi connectivity index (χ0n) is 12.0. The number of rotatable bonds is 1. The molecule has 108 valence electrons. The fourth-order valence-corrected chi connectivity index (χ4v) is 3.06. The summed E-state index contributed by atoms with van der Waals surface area (Å²) >= 11 is 0. The highest BCUT2D eigenvalue weighted by Crippen LogP contribution is 2.37. The zero-order chi connectivity index (χ0) is 14.0. The number of ether oxygens (including phenoxy) is 1. The number of hydrogen-bond donors (Lipinski definition) is 1. The van der Waals surface area contributed by atoms with Crippen molar-refractivity contribution in [1.29, 1.82) is 0 Å². The molecule has 3 rings (SSSR count). The van der Waals surface area contributed by atoms with E-state index < -0.39 is 0 Å². The summed E-state index contributed by atoms with van der Waals surface area (Å²) in [7, 11) is 0. The van der Waals surface area contributed by atoms with Gasteiger partial charge in [-0.05, 0) is 44.5 Å². The predicted octanol–water partition coefficient (Wildman–Crippen LogP) is 2.19. The highest BCUT2D eigenvalue weighted by Gasteiger charge is 2.39. The molecule has 1 N–H and O–H groups in total. The summed E-state index contributed by atoms with van der Waals surface area (Å²) in [5.41, 5.74) is 0.678. The van der Waals surface area contributed by atoms with Crippen molar-refractivity contribution < 1.29 is 9.53 Å². The average molecular weight is 274 g/mol. The smallest absolute Gasteiger partial charge is 0.233 e. The molecule has 1 fully saturated rings. The number of carbonyl (C=O) groups is 1. The summed E-state index contributed by atoms with van der Waals surface area (Å²) in [4.78, 5) is 15.0. The standard InChI is InChI=1S/C16H22N2O2/c1-16(7-9-17-10-8-16)15(19)18-11-4-12-20-14-6-3-2-5-13(14)18/h2-3,5-6,17H,4,7-12H2,1H3. The second-order valence-electron chi connectivity index (χ2n) is 5.94. The number of fused-ring (bicyclic) bond motifs is 1. The highest BCUT2D eigenvalue weighted by atomic mass is 16.5. The van der Waals surface area contributed by atoms with E-state index in [0.29, 0.717) is 6.61 Å². The van der Waals surface area contributed by atoms with E-state index in [4.69, 9.17) is 4.74 Å². The van der Waals surface area contributed by atoms with Crippen molar-refractivity contribution in [2.24, 2.45) is 5.41 Å². The van der Waals surface area contributed by atoms with Crippen LogP contribution in [0.15, 0.2) is 24.3 Å². The summed E-state index contributed by atoms with van der Waals surface area (Å²) in [5.74, 6) is 1.08. The molecule has 0 bridgehead atoms. The van der Waals surface area contributed by atoms with E-state index >= 15 is 0 Å². The number of nitrogens with one attached hydrogen (secondary N) is 1. The molecule has 1 amide bonds. The molecule has 0 radical (unpaired) electrons. The van der Waals surface area contributed by atoms with Crippen LogP contribution in [0.5, 0.6) is 5.75 Å². The molecular formula is C16H22N2O2. The first-order valence-electron chi connectivity index (χ1n) is 7.45. The minimum atomic E-state index is -0.247. The fraction of sp³-hybridized carbons (Fsp3) is 0.562. The summed E-state index contributed by atoms with van der Waals surface area (Å²) in [6.45, 7) is 5.38. The molecule has 0 atom stereocenters. The summed E-state index contributed by atoms with van der Waals surface area (Å²) in [6, 6.07) is 7.87. The lowest BCUT2D eigenvalue weighted by Gasteiger charge is -2.37. The van der Waals surface area contributed by atoms with Gasteiger partial charge in [0.1, 0.15) is 5.75 Å². The van der Waals surface area contributed by atoms with Crippen molar-refractivity contribution in [3.8, 4) is 5.75 Å². The van der Waals surface area contributed by atoms with Crippen molar-refractivity contribution in [3.05, 3.63) is 24.3 Å². The molecule has 0 unspecified atom stereocenters. The van der Waals surface area contributed by atoms with E-state index in [1.54, 1.807) is 0 Å². The van der Waals surface area contributed by atoms with Gasteiger partial charge in [0, 0.05) is 12.0 Å². The number of nitrogens with zero attached hydrogens (tertiary/aromatic N) is 1. The van der Waals surface area contributed by atoms with Crippen LogP contribution in [-0.4, -0.2) is 32.1 Å². The van der Waals surface area contributed by atoms with Crippen molar-refractivity contribution in [1.82, 2.24) is 5.32 Å². The number of anilines is 1. The number of benzene rings is 1. The molecule has 0 spiro atoms. The Hall–Kier alpha value is -1.55. The number of piperidine rings is 1. The Kier molecular flexibility index (Phi) is 3.66. The SMILES string of the molecule is CC1(C(=O)N2CCCOc3ccccc32)CCNCC1. The van der Waals surface area contributed by atoms with Gasteiger partial charge in [0.2, 0.25) is 5.91 Å². The second-order valence-corrected chi connectivity index (χ2v) is 5.94. The lowest BCUT2D eigenvalue weighted by atomic mass is 9.79. The Labute approximate surface area is 120 Å². The second kappa shape index (κ2) is 5.44. The summed E-state index contributed by atoms with van der Waals surface area (Å²) in [6.07, 6.45) is 2.70. The van der Waals surface area contributed by atoms with Crippen LogP contribution < -0.4 is 15.0 Å². The van der Waals surface area contributed by atoms with Gasteiger partial charge in [0.05, 0.1) is 12.3 Å². The molecule has 2 aliphatic rings. The first kappa shape index (κ1) is 13.4. The average Bonchev–Trinajstić information content (AvgIpc) is 2.69. The summed E-state index contributed by atoms with van der Waals surface area (Å²) in [5, 5.41) is 3.33. The first-order chi connectivity index (χ1) is 9.71. The monoisotopic (exact) mass is 274 g/mol. The Morgan fingerprint density at radius 1 is 1.30 bits per heavy atom. The highest BCUT2D eigenvalue weighted by molar-refractivity contribution is 5.98. The van der Waals surface area contributed by atoms with Crippen molar-refractivity contribution >= 4 is 11.6 Å². The number of amides is 1. The van der Waals surface area contributed by atoms with E-state index in [-0.39, 0.29) is 11.3 Å². The summed E-state index contributed by atoms with van der Waals surface area (Å²) < 4.78 is 5.74. The van der Waals surface area contributed by atoms with Gasteiger partial charge in [-0.2, -0.15) is 0 Å². The normalized spacial score (nSPS) is 21.6. The van der Waals surface area contributed by atoms with E-state index in [1.165, 1.54) is 0 Å². The maximum absolute atomic E-state index is 13.0. The van der Waals surface area contributed by atoms with Crippen molar-refractivity contribution in [3.63, 3.8) is 0 Å². The number of carbonyl (C=O) groups excluding carboxylic acids is 1. The molecule has 2 heterocycles. The fourth-order valence-electron chi connectivity index (χ4n) is 3.06. The van der Waals surface area contributed by atoms with Crippen LogP contribution in [0.3, 0.4) is 0 Å². The van der Waals surface area contributed by atoms with E-state index in [0.717, 1.165) is 50.3 Å². The molecule has 4 nitrogen and oxygen atoms in total. The van der Waals surface area contributed by atoms with Crippen LogP contribution in [0.1, 0.15) is 26.2 Å². The third-order valence-electron chi connectivity index (χ3n) is 4.41. The van der Waals surface area contributed by atoms with E-state index in [2.05, 4.69) is 12.2 Å². The molecule has 0 aromatic heterocycles. The van der Waals surface area contributed by atoms with Crippen molar-refractivity contribution in [2.45, 2.75) is 26.2 Å². The lowest BCUT2D eigenvalue weighted by Crippen LogP contribution is -2.48. The topological polar surface area (TPSA) is 41.6 Å². The van der Waals surface area contributed by atoms with Crippen LogP contribution in [0.2, 0.25) is 0 Å². The van der Waals surface area contributed by atoms with E-state index in [9.17, 15) is 4.79 Å². The van der Waals surface area contributed by atoms with Crippen LogP contribution >= 0.6 is 0 Å². The van der Waals surface area contributed by atoms with Gasteiger partial charge in [-0.15, -0.1) is 0 Å². The van der Waals surface area contributed by atoms with Crippen LogP contribution in [0.4, 0.5) is 5.69 Å². The Morgan fingerprint density at radius 3 is 2.85 bits per heavy atom. The van der Waals surface area contributed by atoms with Crippen LogP contribution in [-0.2, 0) is 4.79 Å². The Bertz CT molecular complexity index is 495. The van der Waals surface area contributed by atoms with Crippen LogP contribution in [0.25, 0.3) is 0 Å². The zero-order valence-corrected chi connectivity index (χ0v) is 12.0. The molecular weight excluding hydrogens is 252 g/mol. The van der Waals surface area contributed by atoms with Crippen LogP contribution in [0, 0.1) is 5.41 Å². The molecule has 1 aromatic carbocycles. The maximum atomic E-state index is 13.0. The third-order valence-corrected chi connectivity index (χ3v) is 4.41. The van der Waals surface area contributed by atoms with Gasteiger partial charge in [-0.25, -0.2) is 0 Å². The third kappa shape index (κ3) is 2.40. The minimum absolute atomic E-state index is 0.247. The minimum Gasteiger partial charge on any atom is -0.491 e. The molecule has 20 heavy (non-hydrogen) atoms. The molecule has 0 saturated carbocycles. The molecule has 1 saturated heterocycles. The molecule has 1 aromatic rings. The maximum Gasteiger partial charge on any atom is 0.233 e. The van der Waals surface area contributed by atoms with Crippen molar-refractivity contribution in [2.75, 3.05) is 31.1 Å². The largest absolute Gasteiger partial charge is 0.491 e. The first-order valence-corrected chi connectivity index (χ1v) is 7.45. The van der Waals surface area contributed by atoms with Gasteiger partial charge in [-0.1, -0.05) is 19.1 Å². The van der Waals surface area contributed by atoms with Gasteiger partial charge in [-0.3, -0.25) is 4.79 Å². The Balaban J connectivity index is 1.91. The van der Waals surface area contributed by atoms with Gasteiger partial charge < -0.3 is 15.0 Å². The van der Waals surface area contributed by atoms with E-state index in [1.807, 2.05) is 29.2 Å². The van der Waals surface area contributed by atoms with Gasteiger partial charge in [0.15, 0.2) is 0 Å². The van der Waals surface area contributed by atoms with Gasteiger partial charge >= 0.3 is 0 Å². The Morgan fingerprint density at radius 2 is 2.05 bits per heavy atom. The number of para-hydroxylation sites is 2. The quantitative estimate of drug-likeness (QED) is 0.853. The lowest BCUT2D eigenvalue weighted by molar-refractivity contribution is -0.128. The van der Waals surface area contributed by atoms with Gasteiger partial charge in [0.25, 0.3) is 0 Å². The molecule has 4 heteroatoms. The molecule has 0 aliphatic carbocycles.